The topological polar surface area (TPSA) is 118 Å². The Morgan fingerprint density at radius 1 is 0.925 bits per heavy atom. The fourth-order valence-electron chi connectivity index (χ4n) is 5.16. The molecule has 0 unspecified atom stereocenters. The second kappa shape index (κ2) is 10.7. The molecule has 2 aliphatic rings. The van der Waals surface area contributed by atoms with Crippen LogP contribution in [0.5, 0.6) is 0 Å². The summed E-state index contributed by atoms with van der Waals surface area (Å²) in [7, 11) is -3.83. The first-order chi connectivity index (χ1) is 19.3. The van der Waals surface area contributed by atoms with Gasteiger partial charge in [0.1, 0.15) is 5.82 Å². The van der Waals surface area contributed by atoms with Crippen molar-refractivity contribution in [2.24, 2.45) is 5.14 Å². The van der Waals surface area contributed by atoms with Crippen molar-refractivity contribution in [1.82, 2.24) is 24.6 Å². The summed E-state index contributed by atoms with van der Waals surface area (Å²) in [5.41, 5.74) is 2.42. The van der Waals surface area contributed by atoms with Gasteiger partial charge in [0.25, 0.3) is 5.91 Å². The number of carbonyl (C=O) groups excluding carboxylic acids is 1. The Hall–Kier alpha value is -3.77. The second-order valence-electron chi connectivity index (χ2n) is 9.95. The molecular formula is C28H28ClN7O3S. The zero-order chi connectivity index (χ0) is 27.9. The van der Waals surface area contributed by atoms with Crippen LogP contribution in [0.4, 0.5) is 5.82 Å². The molecule has 0 bridgehead atoms. The van der Waals surface area contributed by atoms with Crippen LogP contribution in [-0.4, -0.2) is 84.2 Å². The highest BCUT2D eigenvalue weighted by Gasteiger charge is 2.37. The average molecular weight is 578 g/mol. The minimum atomic E-state index is -3.83. The molecule has 6 rings (SSSR count). The summed E-state index contributed by atoms with van der Waals surface area (Å²) >= 11 is 6.09. The first-order valence-corrected chi connectivity index (χ1v) is 14.9. The van der Waals surface area contributed by atoms with Gasteiger partial charge in [0, 0.05) is 62.1 Å². The van der Waals surface area contributed by atoms with Crippen LogP contribution in [0.2, 0.25) is 5.02 Å². The Kier molecular flexibility index (Phi) is 7.05. The molecule has 0 spiro atoms. The van der Waals surface area contributed by atoms with Gasteiger partial charge in [0.15, 0.2) is 5.69 Å². The monoisotopic (exact) mass is 577 g/mol. The van der Waals surface area contributed by atoms with Crippen molar-refractivity contribution in [1.29, 1.82) is 0 Å². The molecule has 2 aliphatic heterocycles. The van der Waals surface area contributed by atoms with E-state index in [0.717, 1.165) is 37.6 Å². The van der Waals surface area contributed by atoms with Gasteiger partial charge in [-0.3, -0.25) is 9.69 Å². The lowest BCUT2D eigenvalue weighted by atomic mass is 10.0. The number of pyridine rings is 1. The number of anilines is 1. The molecule has 2 N–H and O–H groups in total. The van der Waals surface area contributed by atoms with Crippen LogP contribution >= 0.6 is 11.6 Å². The molecular weight excluding hydrogens is 550 g/mol. The van der Waals surface area contributed by atoms with Crippen molar-refractivity contribution in [2.45, 2.75) is 10.9 Å². The maximum Gasteiger partial charge on any atom is 0.274 e. The molecule has 10 nitrogen and oxygen atoms in total. The smallest absolute Gasteiger partial charge is 0.274 e. The number of hydrogen-bond donors (Lipinski definition) is 1. The highest BCUT2D eigenvalue weighted by Crippen LogP contribution is 2.28. The number of amides is 1. The number of nitrogens with two attached hydrogens (primary N) is 1. The second-order valence-corrected chi connectivity index (χ2v) is 11.9. The van der Waals surface area contributed by atoms with Gasteiger partial charge >= 0.3 is 0 Å². The molecule has 2 fully saturated rings. The molecule has 2 aromatic carbocycles. The Labute approximate surface area is 237 Å². The average Bonchev–Trinajstić information content (AvgIpc) is 3.39. The number of rotatable bonds is 6. The van der Waals surface area contributed by atoms with E-state index < -0.39 is 10.0 Å². The van der Waals surface area contributed by atoms with Crippen molar-refractivity contribution < 1.29 is 13.2 Å². The zero-order valence-electron chi connectivity index (χ0n) is 21.6. The molecule has 0 aliphatic carbocycles. The Morgan fingerprint density at radius 2 is 1.62 bits per heavy atom. The van der Waals surface area contributed by atoms with E-state index >= 15 is 0 Å². The zero-order valence-corrected chi connectivity index (χ0v) is 23.2. The first kappa shape index (κ1) is 26.5. The molecule has 2 aromatic heterocycles. The maximum atomic E-state index is 13.5. The maximum absolute atomic E-state index is 13.5. The summed E-state index contributed by atoms with van der Waals surface area (Å²) in [5, 5.41) is 10.5. The van der Waals surface area contributed by atoms with Crippen LogP contribution in [0, 0.1) is 0 Å². The van der Waals surface area contributed by atoms with Gasteiger partial charge in [-0.2, -0.15) is 5.10 Å². The molecule has 1 amide bonds. The minimum absolute atomic E-state index is 0.000217. The van der Waals surface area contributed by atoms with Gasteiger partial charge in [0.05, 0.1) is 16.3 Å². The van der Waals surface area contributed by atoms with E-state index in [1.165, 1.54) is 12.1 Å². The number of piperazine rings is 1. The third kappa shape index (κ3) is 5.33. The van der Waals surface area contributed by atoms with Crippen LogP contribution in [0.3, 0.4) is 0 Å². The lowest BCUT2D eigenvalue weighted by molar-refractivity contribution is 0.0241. The summed E-state index contributed by atoms with van der Waals surface area (Å²) in [4.78, 5) is 24.5. The van der Waals surface area contributed by atoms with E-state index in [4.69, 9.17) is 16.7 Å². The van der Waals surface area contributed by atoms with Crippen LogP contribution in [-0.2, 0) is 10.0 Å². The Morgan fingerprint density at radius 3 is 2.25 bits per heavy atom. The lowest BCUT2D eigenvalue weighted by Crippen LogP contribution is -2.64. The van der Waals surface area contributed by atoms with Crippen molar-refractivity contribution in [3.63, 3.8) is 0 Å². The Balaban J connectivity index is 1.17. The van der Waals surface area contributed by atoms with E-state index in [2.05, 4.69) is 19.9 Å². The van der Waals surface area contributed by atoms with E-state index in [1.807, 2.05) is 41.4 Å². The standard InChI is InChI=1S/C28H28ClN7O3S/c29-21-6-4-20(5-7-21)26-17-25(32-36(26)22-8-10-24(11-9-22)40(30,38)39)28(37)35-18-23(19-35)33-13-15-34(16-14-33)27-3-1-2-12-31-27/h1-12,17,23H,13-16,18-19H2,(H2,30,38,39). The number of primary sulfonamides is 1. The molecule has 2 saturated heterocycles. The third-order valence-electron chi connectivity index (χ3n) is 7.43. The molecule has 12 heteroatoms. The van der Waals surface area contributed by atoms with E-state index in [-0.39, 0.29) is 10.8 Å². The fourth-order valence-corrected chi connectivity index (χ4v) is 5.80. The highest BCUT2D eigenvalue weighted by molar-refractivity contribution is 7.89. The molecule has 206 valence electrons. The highest BCUT2D eigenvalue weighted by atomic mass is 35.5. The minimum Gasteiger partial charge on any atom is -0.354 e. The summed E-state index contributed by atoms with van der Waals surface area (Å²) in [6.45, 7) is 4.95. The van der Waals surface area contributed by atoms with Gasteiger partial charge in [-0.15, -0.1) is 0 Å². The van der Waals surface area contributed by atoms with Gasteiger partial charge < -0.3 is 9.80 Å². The van der Waals surface area contributed by atoms with Gasteiger partial charge in [-0.05, 0) is 54.6 Å². The predicted octanol–water partition coefficient (Wildman–Crippen LogP) is 2.88. The molecule has 4 aromatic rings. The van der Waals surface area contributed by atoms with E-state index in [1.54, 1.807) is 35.0 Å². The van der Waals surface area contributed by atoms with Crippen LogP contribution in [0.15, 0.2) is 83.9 Å². The number of sulfonamides is 1. The number of halogens is 1. The fraction of sp³-hybridized carbons (Fsp3) is 0.250. The number of nitrogens with zero attached hydrogens (tertiary/aromatic N) is 6. The number of hydrogen-bond acceptors (Lipinski definition) is 7. The number of aromatic nitrogens is 3. The summed E-state index contributed by atoms with van der Waals surface area (Å²) in [6, 6.07) is 21.4. The van der Waals surface area contributed by atoms with E-state index in [0.29, 0.717) is 41.2 Å². The van der Waals surface area contributed by atoms with Gasteiger partial charge in [-0.25, -0.2) is 23.2 Å². The van der Waals surface area contributed by atoms with E-state index in [9.17, 15) is 13.2 Å². The molecule has 0 radical (unpaired) electrons. The molecule has 40 heavy (non-hydrogen) atoms. The SMILES string of the molecule is NS(=O)(=O)c1ccc(-n2nc(C(=O)N3CC(N4CCN(c5ccccn5)CC4)C3)cc2-c2ccc(Cl)cc2)cc1. The van der Waals surface area contributed by atoms with Crippen LogP contribution in [0.25, 0.3) is 16.9 Å². The van der Waals surface area contributed by atoms with Crippen molar-refractivity contribution >= 4 is 33.3 Å². The summed E-state index contributed by atoms with van der Waals surface area (Å²) in [6.07, 6.45) is 1.82. The van der Waals surface area contributed by atoms with Crippen LogP contribution < -0.4 is 10.0 Å². The predicted molar refractivity (Wildman–Crippen MR) is 153 cm³/mol. The first-order valence-electron chi connectivity index (χ1n) is 12.9. The lowest BCUT2D eigenvalue weighted by Gasteiger charge is -2.48. The largest absolute Gasteiger partial charge is 0.354 e. The summed E-state index contributed by atoms with van der Waals surface area (Å²) < 4.78 is 25.1. The van der Waals surface area contributed by atoms with Gasteiger partial charge in [-0.1, -0.05) is 29.8 Å². The molecule has 0 atom stereocenters. The summed E-state index contributed by atoms with van der Waals surface area (Å²) in [5.74, 6) is 0.859. The molecule has 4 heterocycles. The molecule has 0 saturated carbocycles. The Bertz CT molecular complexity index is 1610. The van der Waals surface area contributed by atoms with Crippen molar-refractivity contribution in [3.05, 3.63) is 89.7 Å². The van der Waals surface area contributed by atoms with Crippen molar-refractivity contribution in [3.8, 4) is 16.9 Å². The number of benzene rings is 2. The number of likely N-dealkylation sites (tertiary alicyclic amines) is 1. The quantitative estimate of drug-likeness (QED) is 0.374. The number of carbonyl (C=O) groups is 1. The van der Waals surface area contributed by atoms with Crippen LogP contribution in [0.1, 0.15) is 10.5 Å². The van der Waals surface area contributed by atoms with Crippen molar-refractivity contribution in [2.75, 3.05) is 44.2 Å². The van der Waals surface area contributed by atoms with Gasteiger partial charge in [0.2, 0.25) is 10.0 Å². The third-order valence-corrected chi connectivity index (χ3v) is 8.61. The normalized spacial score (nSPS) is 16.6.